The third-order valence-corrected chi connectivity index (χ3v) is 4.58. The number of carbonyl (C=O) groups is 3. The van der Waals surface area contributed by atoms with E-state index in [1.165, 1.54) is 18.2 Å². The lowest BCUT2D eigenvalue weighted by atomic mass is 10.1. The van der Waals surface area contributed by atoms with Crippen LogP contribution < -0.4 is 0 Å². The molecule has 2 aromatic rings. The molecule has 1 N–H and O–H groups in total. The van der Waals surface area contributed by atoms with Crippen LogP contribution in [0.1, 0.15) is 32.1 Å². The molecule has 2 amide bonds. The summed E-state index contributed by atoms with van der Waals surface area (Å²) in [6, 6.07) is 12.2. The highest BCUT2D eigenvalue weighted by Gasteiger charge is 2.25. The molecule has 1 aromatic carbocycles. The number of pyridine rings is 1. The summed E-state index contributed by atoms with van der Waals surface area (Å²) in [5.41, 5.74) is 2.07. The SMILES string of the molecule is Cc1ccc(CC(=O)N2CCN(C(=O)c3cccc(C(=O)O)n3)CC2)cc1. The Morgan fingerprint density at radius 2 is 1.52 bits per heavy atom. The van der Waals surface area contributed by atoms with Gasteiger partial charge in [-0.2, -0.15) is 0 Å². The summed E-state index contributed by atoms with van der Waals surface area (Å²) in [4.78, 5) is 43.3. The van der Waals surface area contributed by atoms with Crippen LogP contribution in [0.15, 0.2) is 42.5 Å². The van der Waals surface area contributed by atoms with Crippen LogP contribution in [0.3, 0.4) is 0 Å². The topological polar surface area (TPSA) is 90.8 Å². The zero-order valence-electron chi connectivity index (χ0n) is 15.1. The number of aromatic nitrogens is 1. The number of hydrogen-bond acceptors (Lipinski definition) is 4. The van der Waals surface area contributed by atoms with Gasteiger partial charge in [-0.1, -0.05) is 35.9 Å². The van der Waals surface area contributed by atoms with Crippen molar-refractivity contribution < 1.29 is 19.5 Å². The summed E-state index contributed by atoms with van der Waals surface area (Å²) in [6.45, 7) is 3.71. The number of piperazine rings is 1. The van der Waals surface area contributed by atoms with Crippen LogP contribution in [-0.2, 0) is 11.2 Å². The molecule has 1 aromatic heterocycles. The number of carboxylic acids is 1. The van der Waals surface area contributed by atoms with Crippen molar-refractivity contribution in [1.29, 1.82) is 0 Å². The molecule has 1 aliphatic heterocycles. The molecule has 1 saturated heterocycles. The number of nitrogens with zero attached hydrogens (tertiary/aromatic N) is 3. The largest absolute Gasteiger partial charge is 0.477 e. The van der Waals surface area contributed by atoms with Gasteiger partial charge in [0.2, 0.25) is 5.91 Å². The fourth-order valence-electron chi connectivity index (χ4n) is 2.99. The first-order valence-electron chi connectivity index (χ1n) is 8.77. The van der Waals surface area contributed by atoms with Gasteiger partial charge in [0.15, 0.2) is 0 Å². The second-order valence-electron chi connectivity index (χ2n) is 6.55. The third-order valence-electron chi connectivity index (χ3n) is 4.58. The van der Waals surface area contributed by atoms with Crippen molar-refractivity contribution in [1.82, 2.24) is 14.8 Å². The molecule has 2 heterocycles. The molecule has 0 aliphatic carbocycles. The predicted molar refractivity (Wildman–Crippen MR) is 98.6 cm³/mol. The van der Waals surface area contributed by atoms with Gasteiger partial charge in [0, 0.05) is 26.2 Å². The number of aromatic carboxylic acids is 1. The standard InChI is InChI=1S/C20H21N3O4/c1-14-5-7-15(8-6-14)13-18(24)22-9-11-23(12-10-22)19(25)16-3-2-4-17(21-16)20(26)27/h2-8H,9-13H2,1H3,(H,26,27). The van der Waals surface area contributed by atoms with Gasteiger partial charge in [-0.15, -0.1) is 0 Å². The molecule has 27 heavy (non-hydrogen) atoms. The van der Waals surface area contributed by atoms with Crippen LogP contribution in [0.25, 0.3) is 0 Å². The molecule has 7 heteroatoms. The van der Waals surface area contributed by atoms with Gasteiger partial charge >= 0.3 is 5.97 Å². The smallest absolute Gasteiger partial charge is 0.354 e. The van der Waals surface area contributed by atoms with E-state index in [-0.39, 0.29) is 23.2 Å². The summed E-state index contributed by atoms with van der Waals surface area (Å²) >= 11 is 0. The molecule has 1 fully saturated rings. The highest BCUT2D eigenvalue weighted by atomic mass is 16.4. The van der Waals surface area contributed by atoms with Crippen LogP contribution in [0.2, 0.25) is 0 Å². The minimum Gasteiger partial charge on any atom is -0.477 e. The Labute approximate surface area is 157 Å². The van der Waals surface area contributed by atoms with Gasteiger partial charge in [0.1, 0.15) is 11.4 Å². The van der Waals surface area contributed by atoms with Gasteiger partial charge in [0.25, 0.3) is 5.91 Å². The molecule has 0 atom stereocenters. The van der Waals surface area contributed by atoms with Crippen LogP contribution in [0.4, 0.5) is 0 Å². The number of benzene rings is 1. The minimum absolute atomic E-state index is 0.0388. The second-order valence-corrected chi connectivity index (χ2v) is 6.55. The Hall–Kier alpha value is -3.22. The molecule has 0 unspecified atom stereocenters. The fourth-order valence-corrected chi connectivity index (χ4v) is 2.99. The lowest BCUT2D eigenvalue weighted by Crippen LogP contribution is -2.51. The highest BCUT2D eigenvalue weighted by molar-refractivity contribution is 5.94. The van der Waals surface area contributed by atoms with Crippen molar-refractivity contribution in [2.24, 2.45) is 0 Å². The van der Waals surface area contributed by atoms with E-state index >= 15 is 0 Å². The van der Waals surface area contributed by atoms with E-state index < -0.39 is 5.97 Å². The van der Waals surface area contributed by atoms with E-state index in [1.807, 2.05) is 31.2 Å². The zero-order valence-corrected chi connectivity index (χ0v) is 15.1. The predicted octanol–water partition coefficient (Wildman–Crippen LogP) is 1.62. The van der Waals surface area contributed by atoms with Crippen molar-refractivity contribution in [3.05, 3.63) is 65.0 Å². The third kappa shape index (κ3) is 4.49. The first-order valence-corrected chi connectivity index (χ1v) is 8.77. The van der Waals surface area contributed by atoms with E-state index in [9.17, 15) is 14.4 Å². The van der Waals surface area contributed by atoms with Gasteiger partial charge in [-0.05, 0) is 24.6 Å². The normalized spacial score (nSPS) is 14.1. The number of hydrogen-bond donors (Lipinski definition) is 1. The van der Waals surface area contributed by atoms with Gasteiger partial charge < -0.3 is 14.9 Å². The average molecular weight is 367 g/mol. The van der Waals surface area contributed by atoms with Gasteiger partial charge in [0.05, 0.1) is 6.42 Å². The maximum atomic E-state index is 12.5. The van der Waals surface area contributed by atoms with Crippen molar-refractivity contribution >= 4 is 17.8 Å². The summed E-state index contributed by atoms with van der Waals surface area (Å²) < 4.78 is 0. The summed E-state index contributed by atoms with van der Waals surface area (Å²) in [5.74, 6) is -1.45. The van der Waals surface area contributed by atoms with Crippen LogP contribution >= 0.6 is 0 Å². The first kappa shape index (κ1) is 18.6. The Kier molecular flexibility index (Phi) is 5.49. The minimum atomic E-state index is -1.17. The number of carboxylic acid groups (broad SMARTS) is 1. The summed E-state index contributed by atoms with van der Waals surface area (Å²) in [7, 11) is 0. The number of amides is 2. The van der Waals surface area contributed by atoms with Crippen molar-refractivity contribution in [3.8, 4) is 0 Å². The van der Waals surface area contributed by atoms with E-state index in [1.54, 1.807) is 9.80 Å². The molecule has 3 rings (SSSR count). The zero-order chi connectivity index (χ0) is 19.4. The van der Waals surface area contributed by atoms with E-state index in [4.69, 9.17) is 5.11 Å². The van der Waals surface area contributed by atoms with Crippen molar-refractivity contribution in [3.63, 3.8) is 0 Å². The molecular weight excluding hydrogens is 346 g/mol. The van der Waals surface area contributed by atoms with Crippen LogP contribution in [0, 0.1) is 6.92 Å². The molecule has 0 spiro atoms. The van der Waals surface area contributed by atoms with E-state index in [0.717, 1.165) is 11.1 Å². The van der Waals surface area contributed by atoms with Crippen molar-refractivity contribution in [2.75, 3.05) is 26.2 Å². The Morgan fingerprint density at radius 1 is 0.926 bits per heavy atom. The van der Waals surface area contributed by atoms with Crippen LogP contribution in [0.5, 0.6) is 0 Å². The first-order chi connectivity index (χ1) is 12.9. The quantitative estimate of drug-likeness (QED) is 0.887. The lowest BCUT2D eigenvalue weighted by Gasteiger charge is -2.34. The fraction of sp³-hybridized carbons (Fsp3) is 0.300. The maximum absolute atomic E-state index is 12.5. The number of aryl methyl sites for hydroxylation is 1. The maximum Gasteiger partial charge on any atom is 0.354 e. The van der Waals surface area contributed by atoms with E-state index in [2.05, 4.69) is 4.98 Å². The molecule has 0 radical (unpaired) electrons. The number of carbonyl (C=O) groups excluding carboxylic acids is 2. The second kappa shape index (κ2) is 7.99. The number of rotatable bonds is 4. The molecule has 0 bridgehead atoms. The highest BCUT2D eigenvalue weighted by Crippen LogP contribution is 2.11. The van der Waals surface area contributed by atoms with Crippen molar-refractivity contribution in [2.45, 2.75) is 13.3 Å². The molecule has 1 aliphatic rings. The molecule has 140 valence electrons. The summed E-state index contributed by atoms with van der Waals surface area (Å²) in [5, 5.41) is 9.00. The Morgan fingerprint density at radius 3 is 2.15 bits per heavy atom. The van der Waals surface area contributed by atoms with Crippen LogP contribution in [-0.4, -0.2) is 63.9 Å². The Bertz CT molecular complexity index is 856. The molecule has 7 nitrogen and oxygen atoms in total. The average Bonchev–Trinajstić information content (AvgIpc) is 2.69. The molecular formula is C20H21N3O4. The Balaban J connectivity index is 1.57. The van der Waals surface area contributed by atoms with Gasteiger partial charge in [-0.25, -0.2) is 9.78 Å². The van der Waals surface area contributed by atoms with Gasteiger partial charge in [-0.3, -0.25) is 9.59 Å². The monoisotopic (exact) mass is 367 g/mol. The summed E-state index contributed by atoms with van der Waals surface area (Å²) in [6.07, 6.45) is 0.344. The molecule has 0 saturated carbocycles. The van der Waals surface area contributed by atoms with E-state index in [0.29, 0.717) is 32.6 Å². The lowest BCUT2D eigenvalue weighted by molar-refractivity contribution is -0.131.